The topological polar surface area (TPSA) is 47.3 Å². The van der Waals surface area contributed by atoms with Gasteiger partial charge in [-0.1, -0.05) is 0 Å². The normalized spacial score (nSPS) is 11.4. The molecule has 0 aliphatic heterocycles. The first kappa shape index (κ1) is 15.5. The molecule has 0 heterocycles. The summed E-state index contributed by atoms with van der Waals surface area (Å²) in [4.78, 5) is 0. The zero-order valence-corrected chi connectivity index (χ0v) is 10.9. The number of hydrogen-bond acceptors (Lipinski definition) is 3. The van der Waals surface area contributed by atoms with Crippen molar-refractivity contribution >= 4 is 11.4 Å². The SMILES string of the molecule is CCOc1cc(N)cc(NCCCCC(F)(F)F)c1. The molecule has 0 spiro atoms. The van der Waals surface area contributed by atoms with Gasteiger partial charge in [0.2, 0.25) is 0 Å². The highest BCUT2D eigenvalue weighted by atomic mass is 19.4. The smallest absolute Gasteiger partial charge is 0.389 e. The van der Waals surface area contributed by atoms with E-state index in [1.165, 1.54) is 0 Å². The molecule has 1 aromatic rings. The first-order chi connectivity index (χ1) is 8.90. The van der Waals surface area contributed by atoms with E-state index in [9.17, 15) is 13.2 Å². The highest BCUT2D eigenvalue weighted by Gasteiger charge is 2.25. The Morgan fingerprint density at radius 1 is 1.21 bits per heavy atom. The van der Waals surface area contributed by atoms with E-state index in [1.54, 1.807) is 18.2 Å². The van der Waals surface area contributed by atoms with E-state index >= 15 is 0 Å². The number of hydrogen-bond donors (Lipinski definition) is 2. The second kappa shape index (κ2) is 7.11. The molecule has 0 radical (unpaired) electrons. The van der Waals surface area contributed by atoms with Gasteiger partial charge in [-0.25, -0.2) is 0 Å². The lowest BCUT2D eigenvalue weighted by molar-refractivity contribution is -0.135. The minimum atomic E-state index is -4.07. The third kappa shape index (κ3) is 6.79. The highest BCUT2D eigenvalue weighted by molar-refractivity contribution is 5.59. The molecule has 0 amide bonds. The Morgan fingerprint density at radius 3 is 2.58 bits per heavy atom. The second-order valence-corrected chi connectivity index (χ2v) is 4.22. The molecule has 19 heavy (non-hydrogen) atoms. The van der Waals surface area contributed by atoms with Gasteiger partial charge in [0.05, 0.1) is 6.61 Å². The van der Waals surface area contributed by atoms with Crippen molar-refractivity contribution in [2.45, 2.75) is 32.4 Å². The van der Waals surface area contributed by atoms with E-state index in [0.29, 0.717) is 31.0 Å². The van der Waals surface area contributed by atoms with Crippen molar-refractivity contribution < 1.29 is 17.9 Å². The van der Waals surface area contributed by atoms with Crippen LogP contribution in [0.2, 0.25) is 0 Å². The molecule has 0 unspecified atom stereocenters. The number of unbranched alkanes of at least 4 members (excludes halogenated alkanes) is 1. The molecule has 0 saturated carbocycles. The van der Waals surface area contributed by atoms with Crippen molar-refractivity contribution in [3.05, 3.63) is 18.2 Å². The Labute approximate surface area is 110 Å². The molecule has 0 fully saturated rings. The first-order valence-corrected chi connectivity index (χ1v) is 6.24. The van der Waals surface area contributed by atoms with E-state index in [4.69, 9.17) is 10.5 Å². The van der Waals surface area contributed by atoms with Crippen LogP contribution in [0.4, 0.5) is 24.5 Å². The van der Waals surface area contributed by atoms with Crippen LogP contribution in [-0.4, -0.2) is 19.3 Å². The molecule has 0 bridgehead atoms. The quantitative estimate of drug-likeness (QED) is 0.588. The minimum absolute atomic E-state index is 0.122. The maximum atomic E-state index is 11.9. The third-order valence-electron chi connectivity index (χ3n) is 2.46. The Morgan fingerprint density at radius 2 is 1.95 bits per heavy atom. The van der Waals surface area contributed by atoms with E-state index in [2.05, 4.69) is 5.32 Å². The summed E-state index contributed by atoms with van der Waals surface area (Å²) in [6.45, 7) is 2.88. The monoisotopic (exact) mass is 276 g/mol. The van der Waals surface area contributed by atoms with Gasteiger partial charge < -0.3 is 15.8 Å². The van der Waals surface area contributed by atoms with Crippen LogP contribution in [0.3, 0.4) is 0 Å². The molecule has 1 rings (SSSR count). The Hall–Kier alpha value is -1.59. The number of rotatable bonds is 7. The van der Waals surface area contributed by atoms with E-state index < -0.39 is 12.6 Å². The fraction of sp³-hybridized carbons (Fsp3) is 0.538. The van der Waals surface area contributed by atoms with Crippen molar-refractivity contribution in [2.75, 3.05) is 24.2 Å². The molecule has 6 heteroatoms. The van der Waals surface area contributed by atoms with Gasteiger partial charge >= 0.3 is 6.18 Å². The van der Waals surface area contributed by atoms with Crippen LogP contribution >= 0.6 is 0 Å². The van der Waals surface area contributed by atoms with Crippen molar-refractivity contribution in [3.63, 3.8) is 0 Å². The fourth-order valence-corrected chi connectivity index (χ4v) is 1.66. The lowest BCUT2D eigenvalue weighted by Crippen LogP contribution is -2.09. The van der Waals surface area contributed by atoms with Crippen molar-refractivity contribution in [1.29, 1.82) is 0 Å². The predicted molar refractivity (Wildman–Crippen MR) is 70.4 cm³/mol. The molecule has 3 nitrogen and oxygen atoms in total. The van der Waals surface area contributed by atoms with Crippen LogP contribution in [0.1, 0.15) is 26.2 Å². The van der Waals surface area contributed by atoms with Gasteiger partial charge in [-0.3, -0.25) is 0 Å². The van der Waals surface area contributed by atoms with E-state index in [0.717, 1.165) is 5.69 Å². The summed E-state index contributed by atoms with van der Waals surface area (Å²) < 4.78 is 41.2. The Balaban J connectivity index is 2.36. The van der Waals surface area contributed by atoms with Crippen LogP contribution < -0.4 is 15.8 Å². The summed E-state index contributed by atoms with van der Waals surface area (Å²) in [7, 11) is 0. The van der Waals surface area contributed by atoms with Gasteiger partial charge in [0.15, 0.2) is 0 Å². The number of nitrogens with one attached hydrogen (secondary N) is 1. The largest absolute Gasteiger partial charge is 0.494 e. The molecule has 0 aliphatic carbocycles. The lowest BCUT2D eigenvalue weighted by Gasteiger charge is -2.11. The van der Waals surface area contributed by atoms with Gasteiger partial charge in [-0.05, 0) is 25.8 Å². The summed E-state index contributed by atoms with van der Waals surface area (Å²) in [5.41, 5.74) is 7.03. The Bertz CT molecular complexity index is 394. The van der Waals surface area contributed by atoms with Crippen LogP contribution in [0.5, 0.6) is 5.75 Å². The zero-order valence-electron chi connectivity index (χ0n) is 10.9. The van der Waals surface area contributed by atoms with Gasteiger partial charge in [0.1, 0.15) is 5.75 Å². The van der Waals surface area contributed by atoms with Crippen LogP contribution in [0.25, 0.3) is 0 Å². The molecule has 0 aromatic heterocycles. The van der Waals surface area contributed by atoms with Gasteiger partial charge in [0, 0.05) is 36.5 Å². The number of nitrogens with two attached hydrogens (primary N) is 1. The van der Waals surface area contributed by atoms with Gasteiger partial charge in [0.25, 0.3) is 0 Å². The number of nitrogen functional groups attached to an aromatic ring is 1. The highest BCUT2D eigenvalue weighted by Crippen LogP contribution is 2.24. The maximum absolute atomic E-state index is 11.9. The molecule has 0 aliphatic rings. The third-order valence-corrected chi connectivity index (χ3v) is 2.46. The standard InChI is InChI=1S/C13H19F3N2O/c1-2-19-12-8-10(17)7-11(9-12)18-6-4-3-5-13(14,15)16/h7-9,18H,2-6,17H2,1H3. The van der Waals surface area contributed by atoms with Gasteiger partial charge in [-0.2, -0.15) is 13.2 Å². The average molecular weight is 276 g/mol. The van der Waals surface area contributed by atoms with Crippen LogP contribution in [0, 0.1) is 0 Å². The number of alkyl halides is 3. The van der Waals surface area contributed by atoms with Crippen LogP contribution in [-0.2, 0) is 0 Å². The van der Waals surface area contributed by atoms with Crippen molar-refractivity contribution in [2.24, 2.45) is 0 Å². The lowest BCUT2D eigenvalue weighted by atomic mass is 10.2. The second-order valence-electron chi connectivity index (χ2n) is 4.22. The van der Waals surface area contributed by atoms with Gasteiger partial charge in [-0.15, -0.1) is 0 Å². The van der Waals surface area contributed by atoms with E-state index in [1.807, 2.05) is 6.92 Å². The molecule has 108 valence electrons. The predicted octanol–water partition coefficient (Wildman–Crippen LogP) is 3.81. The Kier molecular flexibility index (Phi) is 5.79. The van der Waals surface area contributed by atoms with Crippen molar-refractivity contribution in [3.8, 4) is 5.75 Å². The zero-order chi connectivity index (χ0) is 14.3. The maximum Gasteiger partial charge on any atom is 0.389 e. The first-order valence-electron chi connectivity index (χ1n) is 6.24. The molecule has 0 saturated heterocycles. The summed E-state index contributed by atoms with van der Waals surface area (Å²) in [5, 5.41) is 3.04. The summed E-state index contributed by atoms with van der Waals surface area (Å²) in [6.07, 6.45) is -4.23. The molecule has 3 N–H and O–H groups in total. The summed E-state index contributed by atoms with van der Waals surface area (Å²) >= 11 is 0. The fourth-order valence-electron chi connectivity index (χ4n) is 1.66. The number of benzene rings is 1. The minimum Gasteiger partial charge on any atom is -0.494 e. The number of anilines is 2. The average Bonchev–Trinajstić information content (AvgIpc) is 2.26. The molecule has 0 atom stereocenters. The number of ether oxygens (including phenoxy) is 1. The summed E-state index contributed by atoms with van der Waals surface area (Å²) in [5.74, 6) is 0.653. The van der Waals surface area contributed by atoms with E-state index in [-0.39, 0.29) is 6.42 Å². The van der Waals surface area contributed by atoms with Crippen molar-refractivity contribution in [1.82, 2.24) is 0 Å². The number of halogens is 3. The molecular weight excluding hydrogens is 257 g/mol. The van der Waals surface area contributed by atoms with Crippen LogP contribution in [0.15, 0.2) is 18.2 Å². The molecule has 1 aromatic carbocycles. The summed E-state index contributed by atoms with van der Waals surface area (Å²) in [6, 6.07) is 5.22. The molecular formula is C13H19F3N2O.